The summed E-state index contributed by atoms with van der Waals surface area (Å²) in [6.45, 7) is 3.83. The van der Waals surface area contributed by atoms with Gasteiger partial charge < -0.3 is 10.1 Å². The van der Waals surface area contributed by atoms with Crippen molar-refractivity contribution < 1.29 is 14.3 Å². The maximum Gasteiger partial charge on any atom is 0.321 e. The van der Waals surface area contributed by atoms with Crippen LogP contribution in [0, 0.1) is 0 Å². The Morgan fingerprint density at radius 2 is 1.81 bits per heavy atom. The third-order valence-electron chi connectivity index (χ3n) is 4.95. The van der Waals surface area contributed by atoms with Gasteiger partial charge in [0.15, 0.2) is 0 Å². The first-order chi connectivity index (χ1) is 12.5. The van der Waals surface area contributed by atoms with E-state index in [0.29, 0.717) is 0 Å². The van der Waals surface area contributed by atoms with Crippen LogP contribution in [0.5, 0.6) is 5.75 Å². The number of imide groups is 1. The predicted molar refractivity (Wildman–Crippen MR) is 102 cm³/mol. The Morgan fingerprint density at radius 1 is 1.15 bits per heavy atom. The Balaban J connectivity index is 1.84. The van der Waals surface area contributed by atoms with Crippen LogP contribution in [-0.4, -0.2) is 31.1 Å². The quantitative estimate of drug-likeness (QED) is 0.696. The SMILES string of the molecule is CCC(NC(C)C(=O)NC(=O)NC1CCCCC1)c1ccc(OC)cc1. The first-order valence-electron chi connectivity index (χ1n) is 9.54. The molecule has 6 heteroatoms. The van der Waals surface area contributed by atoms with Gasteiger partial charge in [-0.25, -0.2) is 4.79 Å². The zero-order chi connectivity index (χ0) is 18.9. The standard InChI is InChI=1S/C20H31N3O3/c1-4-18(15-10-12-17(26-3)13-11-15)21-14(2)19(24)23-20(25)22-16-8-6-5-7-9-16/h10-14,16,18,21H,4-9H2,1-3H3,(H2,22,23,24,25). The van der Waals surface area contributed by atoms with Gasteiger partial charge in [0.05, 0.1) is 13.2 Å². The molecule has 1 aliphatic rings. The van der Waals surface area contributed by atoms with Gasteiger partial charge in [0, 0.05) is 12.1 Å². The molecule has 6 nitrogen and oxygen atoms in total. The summed E-state index contributed by atoms with van der Waals surface area (Å²) in [5, 5.41) is 8.65. The molecular formula is C20H31N3O3. The molecule has 1 aromatic carbocycles. The van der Waals surface area contributed by atoms with Gasteiger partial charge in [0.25, 0.3) is 0 Å². The van der Waals surface area contributed by atoms with Crippen molar-refractivity contribution in [2.24, 2.45) is 0 Å². The fourth-order valence-corrected chi connectivity index (χ4v) is 3.35. The number of hydrogen-bond acceptors (Lipinski definition) is 4. The number of benzene rings is 1. The maximum atomic E-state index is 12.3. The molecule has 2 rings (SSSR count). The molecule has 1 aliphatic carbocycles. The average Bonchev–Trinajstić information content (AvgIpc) is 2.66. The molecule has 0 heterocycles. The number of hydrogen-bond donors (Lipinski definition) is 3. The minimum Gasteiger partial charge on any atom is -0.497 e. The van der Waals surface area contributed by atoms with Gasteiger partial charge in [-0.2, -0.15) is 0 Å². The summed E-state index contributed by atoms with van der Waals surface area (Å²) in [5.74, 6) is 0.485. The topological polar surface area (TPSA) is 79.5 Å². The Hall–Kier alpha value is -2.08. The molecule has 1 aromatic rings. The lowest BCUT2D eigenvalue weighted by Gasteiger charge is -2.24. The summed E-state index contributed by atoms with van der Waals surface area (Å²) in [6, 6.07) is 7.13. The number of urea groups is 1. The molecule has 0 aliphatic heterocycles. The molecule has 1 fully saturated rings. The fourth-order valence-electron chi connectivity index (χ4n) is 3.35. The van der Waals surface area contributed by atoms with Crippen molar-refractivity contribution in [1.29, 1.82) is 0 Å². The molecule has 0 saturated heterocycles. The molecule has 144 valence electrons. The predicted octanol–water partition coefficient (Wildman–Crippen LogP) is 3.28. The molecule has 0 radical (unpaired) electrons. The molecule has 2 atom stereocenters. The van der Waals surface area contributed by atoms with E-state index in [1.54, 1.807) is 14.0 Å². The Kier molecular flexibility index (Phi) is 7.91. The third kappa shape index (κ3) is 6.02. The van der Waals surface area contributed by atoms with E-state index in [-0.39, 0.29) is 18.0 Å². The van der Waals surface area contributed by atoms with Crippen LogP contribution >= 0.6 is 0 Å². The van der Waals surface area contributed by atoms with E-state index < -0.39 is 12.1 Å². The fraction of sp³-hybridized carbons (Fsp3) is 0.600. The molecule has 26 heavy (non-hydrogen) atoms. The highest BCUT2D eigenvalue weighted by Crippen LogP contribution is 2.20. The van der Waals surface area contributed by atoms with Crippen LogP contribution in [0.1, 0.15) is 64.0 Å². The number of carbonyl (C=O) groups excluding carboxylic acids is 2. The average molecular weight is 361 g/mol. The van der Waals surface area contributed by atoms with E-state index in [0.717, 1.165) is 43.4 Å². The Labute approximate surface area is 156 Å². The molecule has 3 amide bonds. The summed E-state index contributed by atoms with van der Waals surface area (Å²) >= 11 is 0. The van der Waals surface area contributed by atoms with Gasteiger partial charge in [0.2, 0.25) is 5.91 Å². The lowest BCUT2D eigenvalue weighted by molar-refractivity contribution is -0.121. The summed E-state index contributed by atoms with van der Waals surface area (Å²) < 4.78 is 5.18. The van der Waals surface area contributed by atoms with Crippen LogP contribution in [0.3, 0.4) is 0 Å². The van der Waals surface area contributed by atoms with Crippen LogP contribution in [0.4, 0.5) is 4.79 Å². The number of ether oxygens (including phenoxy) is 1. The Morgan fingerprint density at radius 3 is 2.38 bits per heavy atom. The van der Waals surface area contributed by atoms with Gasteiger partial charge >= 0.3 is 6.03 Å². The number of amides is 3. The number of carbonyl (C=O) groups is 2. The van der Waals surface area contributed by atoms with E-state index in [1.165, 1.54) is 6.42 Å². The molecule has 0 spiro atoms. The molecule has 1 saturated carbocycles. The van der Waals surface area contributed by atoms with Crippen molar-refractivity contribution in [3.05, 3.63) is 29.8 Å². The first-order valence-corrected chi connectivity index (χ1v) is 9.54. The normalized spacial score (nSPS) is 17.2. The van der Waals surface area contributed by atoms with Crippen LogP contribution < -0.4 is 20.7 Å². The maximum absolute atomic E-state index is 12.3. The van der Waals surface area contributed by atoms with E-state index >= 15 is 0 Å². The number of methoxy groups -OCH3 is 1. The van der Waals surface area contributed by atoms with E-state index in [1.807, 2.05) is 24.3 Å². The summed E-state index contributed by atoms with van der Waals surface area (Å²) in [5.41, 5.74) is 1.08. The largest absolute Gasteiger partial charge is 0.497 e. The van der Waals surface area contributed by atoms with Gasteiger partial charge in [-0.15, -0.1) is 0 Å². The smallest absolute Gasteiger partial charge is 0.321 e. The van der Waals surface area contributed by atoms with Gasteiger partial charge in [-0.1, -0.05) is 38.3 Å². The van der Waals surface area contributed by atoms with Crippen molar-refractivity contribution in [2.75, 3.05) is 7.11 Å². The lowest BCUT2D eigenvalue weighted by atomic mass is 9.96. The molecule has 3 N–H and O–H groups in total. The van der Waals surface area contributed by atoms with E-state index in [4.69, 9.17) is 4.74 Å². The van der Waals surface area contributed by atoms with Gasteiger partial charge in [-0.3, -0.25) is 15.4 Å². The second-order valence-corrected chi connectivity index (χ2v) is 6.92. The van der Waals surface area contributed by atoms with Crippen molar-refractivity contribution >= 4 is 11.9 Å². The van der Waals surface area contributed by atoms with Crippen LogP contribution in [0.15, 0.2) is 24.3 Å². The first kappa shape index (κ1) is 20.2. The van der Waals surface area contributed by atoms with E-state index in [9.17, 15) is 9.59 Å². The van der Waals surface area contributed by atoms with Crippen molar-refractivity contribution in [1.82, 2.24) is 16.0 Å². The van der Waals surface area contributed by atoms with Crippen molar-refractivity contribution in [3.63, 3.8) is 0 Å². The number of rotatable bonds is 7. The summed E-state index contributed by atoms with van der Waals surface area (Å²) in [4.78, 5) is 24.4. The monoisotopic (exact) mass is 361 g/mol. The molecule has 2 unspecified atom stereocenters. The zero-order valence-corrected chi connectivity index (χ0v) is 16.0. The lowest BCUT2D eigenvalue weighted by Crippen LogP contribution is -2.51. The second-order valence-electron chi connectivity index (χ2n) is 6.92. The minimum absolute atomic E-state index is 0.0306. The minimum atomic E-state index is -0.473. The highest BCUT2D eigenvalue weighted by molar-refractivity contribution is 5.96. The number of nitrogens with one attached hydrogen (secondary N) is 3. The summed E-state index contributed by atoms with van der Waals surface area (Å²) in [7, 11) is 1.63. The molecule has 0 bridgehead atoms. The Bertz CT molecular complexity index is 582. The van der Waals surface area contributed by atoms with Crippen molar-refractivity contribution in [3.8, 4) is 5.75 Å². The van der Waals surface area contributed by atoms with Crippen LogP contribution in [0.2, 0.25) is 0 Å². The zero-order valence-electron chi connectivity index (χ0n) is 16.0. The second kappa shape index (κ2) is 10.2. The van der Waals surface area contributed by atoms with Crippen LogP contribution in [0.25, 0.3) is 0 Å². The highest BCUT2D eigenvalue weighted by atomic mass is 16.5. The molecular weight excluding hydrogens is 330 g/mol. The van der Waals surface area contributed by atoms with Gasteiger partial charge in [0.1, 0.15) is 5.75 Å². The van der Waals surface area contributed by atoms with Crippen molar-refractivity contribution in [2.45, 2.75) is 70.5 Å². The molecule has 0 aromatic heterocycles. The van der Waals surface area contributed by atoms with E-state index in [2.05, 4.69) is 22.9 Å². The van der Waals surface area contributed by atoms with Crippen LogP contribution in [-0.2, 0) is 4.79 Å². The third-order valence-corrected chi connectivity index (χ3v) is 4.95. The van der Waals surface area contributed by atoms with Gasteiger partial charge in [-0.05, 0) is 43.9 Å². The summed E-state index contributed by atoms with van der Waals surface area (Å²) in [6.07, 6.45) is 6.31. The highest BCUT2D eigenvalue weighted by Gasteiger charge is 2.21.